The smallest absolute Gasteiger partial charge is 0.307 e. The van der Waals surface area contributed by atoms with Gasteiger partial charge in [0.15, 0.2) is 0 Å². The van der Waals surface area contributed by atoms with E-state index in [9.17, 15) is 22.7 Å². The van der Waals surface area contributed by atoms with Gasteiger partial charge in [-0.15, -0.1) is 0 Å². The number of fused-ring (bicyclic) bond motifs is 3. The number of hydrogen-bond donors (Lipinski definition) is 1. The van der Waals surface area contributed by atoms with Gasteiger partial charge in [-0.05, 0) is 79.1 Å². The molecular weight excluding hydrogens is 535 g/mol. The average molecular weight is 567 g/mol. The van der Waals surface area contributed by atoms with E-state index in [1.54, 1.807) is 18.2 Å². The lowest BCUT2D eigenvalue weighted by molar-refractivity contribution is -0.139. The van der Waals surface area contributed by atoms with Crippen LogP contribution in [0.5, 0.6) is 11.6 Å². The second-order valence-electron chi connectivity index (χ2n) is 11.0. The number of halogens is 1. The summed E-state index contributed by atoms with van der Waals surface area (Å²) < 4.78 is 51.6. The third-order valence-electron chi connectivity index (χ3n) is 8.35. The molecule has 1 saturated heterocycles. The maximum Gasteiger partial charge on any atom is 0.307 e. The van der Waals surface area contributed by atoms with Crippen molar-refractivity contribution in [1.29, 1.82) is 0 Å². The minimum atomic E-state index is -3.19. The fourth-order valence-corrected chi connectivity index (χ4v) is 7.07. The fraction of sp³-hybridized carbons (Fsp3) is 0.400. The maximum atomic E-state index is 14.7. The lowest BCUT2D eigenvalue weighted by atomic mass is 10.0. The number of aryl methyl sites for hydroxylation is 1. The Morgan fingerprint density at radius 3 is 2.60 bits per heavy atom. The molecule has 2 heterocycles. The summed E-state index contributed by atoms with van der Waals surface area (Å²) in [4.78, 5) is 15.9. The summed E-state index contributed by atoms with van der Waals surface area (Å²) in [6.07, 6.45) is 3.06. The van der Waals surface area contributed by atoms with Crippen LogP contribution in [0.15, 0.2) is 48.5 Å². The van der Waals surface area contributed by atoms with Crippen LogP contribution in [0.2, 0.25) is 0 Å². The highest BCUT2D eigenvalue weighted by Crippen LogP contribution is 2.61. The average Bonchev–Trinajstić information content (AvgIpc) is 3.50. The van der Waals surface area contributed by atoms with Crippen molar-refractivity contribution in [2.75, 3.05) is 19.3 Å². The minimum absolute atomic E-state index is 0.0584. The molecule has 8 nitrogen and oxygen atoms in total. The summed E-state index contributed by atoms with van der Waals surface area (Å²) in [6.45, 7) is 2.79. The summed E-state index contributed by atoms with van der Waals surface area (Å²) in [5, 5.41) is 9.32. The van der Waals surface area contributed by atoms with E-state index in [1.807, 2.05) is 31.2 Å². The maximum absolute atomic E-state index is 14.7. The van der Waals surface area contributed by atoms with Crippen LogP contribution in [0.4, 0.5) is 4.39 Å². The van der Waals surface area contributed by atoms with Crippen molar-refractivity contribution in [1.82, 2.24) is 9.29 Å². The van der Waals surface area contributed by atoms with Gasteiger partial charge in [0.2, 0.25) is 15.9 Å². The molecule has 0 bridgehead atoms. The van der Waals surface area contributed by atoms with Crippen LogP contribution >= 0.6 is 0 Å². The van der Waals surface area contributed by atoms with Crippen molar-refractivity contribution in [3.8, 4) is 22.8 Å². The highest BCUT2D eigenvalue weighted by atomic mass is 32.2. The number of rotatable bonds is 8. The van der Waals surface area contributed by atoms with E-state index < -0.39 is 16.0 Å². The molecule has 1 aliphatic heterocycles. The van der Waals surface area contributed by atoms with Crippen LogP contribution < -0.4 is 9.47 Å². The first-order valence-corrected chi connectivity index (χ1v) is 15.3. The Morgan fingerprint density at radius 2 is 1.90 bits per heavy atom. The molecule has 2 aromatic carbocycles. The van der Waals surface area contributed by atoms with Crippen molar-refractivity contribution in [2.45, 2.75) is 44.8 Å². The van der Waals surface area contributed by atoms with Gasteiger partial charge in [-0.2, -0.15) is 0 Å². The van der Waals surface area contributed by atoms with E-state index in [0.717, 1.165) is 34.4 Å². The molecule has 0 radical (unpaired) electrons. The molecule has 10 heteroatoms. The van der Waals surface area contributed by atoms with Crippen molar-refractivity contribution < 1.29 is 32.2 Å². The molecule has 3 aromatic rings. The number of sulfonamides is 1. The SMILES string of the molecule is Cc1nc(OC2CCN(S(C)(=O)=O)CC2)ccc1-c1ccc(F)c(COc2ccc3c(c2)CC2C(C(=O)O)C32)c1. The van der Waals surface area contributed by atoms with Crippen LogP contribution in [0, 0.1) is 24.6 Å². The number of carboxylic acids is 1. The molecule has 3 aliphatic rings. The predicted molar refractivity (Wildman–Crippen MR) is 146 cm³/mol. The van der Waals surface area contributed by atoms with Crippen molar-refractivity contribution in [3.63, 3.8) is 0 Å². The van der Waals surface area contributed by atoms with E-state index in [1.165, 1.54) is 16.6 Å². The van der Waals surface area contributed by atoms with Crippen LogP contribution in [0.3, 0.4) is 0 Å². The van der Waals surface area contributed by atoms with Crippen LogP contribution in [-0.2, 0) is 27.8 Å². The Labute approximate surface area is 232 Å². The van der Waals surface area contributed by atoms with Gasteiger partial charge in [-0.1, -0.05) is 12.1 Å². The first kappa shape index (κ1) is 26.7. The van der Waals surface area contributed by atoms with E-state index in [-0.39, 0.29) is 36.3 Å². The molecule has 0 spiro atoms. The summed E-state index contributed by atoms with van der Waals surface area (Å²) in [6, 6.07) is 14.3. The van der Waals surface area contributed by atoms with Crippen molar-refractivity contribution in [2.24, 2.45) is 11.8 Å². The molecule has 210 valence electrons. The van der Waals surface area contributed by atoms with Crippen LogP contribution in [0.25, 0.3) is 11.1 Å². The summed E-state index contributed by atoms with van der Waals surface area (Å²) in [5.74, 6) is 0.0511. The Bertz CT molecular complexity index is 1590. The van der Waals surface area contributed by atoms with Gasteiger partial charge in [0, 0.05) is 41.9 Å². The third-order valence-corrected chi connectivity index (χ3v) is 9.65. The Balaban J connectivity index is 1.10. The Kier molecular flexibility index (Phi) is 6.78. The van der Waals surface area contributed by atoms with Gasteiger partial charge in [0.25, 0.3) is 0 Å². The van der Waals surface area contributed by atoms with E-state index in [2.05, 4.69) is 4.98 Å². The number of carbonyl (C=O) groups is 1. The highest BCUT2D eigenvalue weighted by molar-refractivity contribution is 7.88. The standard InChI is InChI=1S/C30H31FN2O6S/c1-17-23(6-8-27(32-17)39-21-9-11-33(12-10-21)40(2,36)37)18-3-7-26(31)20(13-18)16-38-22-4-5-24-19(14-22)15-25-28(24)29(25)30(34)35/h3-8,13-14,21,25,28-29H,9-12,15-16H2,1-2H3,(H,34,35). The zero-order chi connectivity index (χ0) is 28.2. The number of nitrogens with zero attached hydrogens (tertiary/aromatic N) is 2. The molecule has 3 unspecified atom stereocenters. The number of ether oxygens (including phenoxy) is 2. The lowest BCUT2D eigenvalue weighted by Crippen LogP contribution is -2.41. The Morgan fingerprint density at radius 1 is 1.12 bits per heavy atom. The molecule has 6 rings (SSSR count). The molecule has 3 atom stereocenters. The summed E-state index contributed by atoms with van der Waals surface area (Å²) in [5.41, 5.74) is 5.03. The Hall–Kier alpha value is -3.50. The van der Waals surface area contributed by atoms with Gasteiger partial charge >= 0.3 is 5.97 Å². The number of benzene rings is 2. The normalized spacial score (nSPS) is 22.4. The van der Waals surface area contributed by atoms with Crippen molar-refractivity contribution >= 4 is 16.0 Å². The first-order valence-electron chi connectivity index (χ1n) is 13.4. The van der Waals surface area contributed by atoms with Crippen LogP contribution in [-0.4, -0.2) is 54.2 Å². The number of aliphatic carboxylic acids is 1. The van der Waals surface area contributed by atoms with Gasteiger partial charge in [-0.25, -0.2) is 22.1 Å². The predicted octanol–water partition coefficient (Wildman–Crippen LogP) is 4.55. The lowest BCUT2D eigenvalue weighted by Gasteiger charge is -2.30. The van der Waals surface area contributed by atoms with Gasteiger partial charge in [0.1, 0.15) is 24.3 Å². The van der Waals surface area contributed by atoms with Gasteiger partial charge in [-0.3, -0.25) is 4.79 Å². The second kappa shape index (κ2) is 10.2. The largest absolute Gasteiger partial charge is 0.489 e. The quantitative estimate of drug-likeness (QED) is 0.427. The molecule has 1 saturated carbocycles. The van der Waals surface area contributed by atoms with E-state index in [0.29, 0.717) is 43.1 Å². The van der Waals surface area contributed by atoms with Crippen molar-refractivity contribution in [3.05, 3.63) is 76.7 Å². The first-order chi connectivity index (χ1) is 19.1. The monoisotopic (exact) mass is 566 g/mol. The minimum Gasteiger partial charge on any atom is -0.489 e. The fourth-order valence-electron chi connectivity index (χ4n) is 6.19. The number of aromatic nitrogens is 1. The van der Waals surface area contributed by atoms with Gasteiger partial charge in [0.05, 0.1) is 12.2 Å². The highest BCUT2D eigenvalue weighted by Gasteiger charge is 2.59. The molecule has 1 N–H and O–H groups in total. The molecule has 0 amide bonds. The zero-order valence-corrected chi connectivity index (χ0v) is 23.2. The molecule has 1 aromatic heterocycles. The second-order valence-corrected chi connectivity index (χ2v) is 13.0. The third kappa shape index (κ3) is 5.17. The number of hydrogen-bond acceptors (Lipinski definition) is 6. The number of piperidine rings is 1. The van der Waals surface area contributed by atoms with E-state index >= 15 is 0 Å². The van der Waals surface area contributed by atoms with Crippen LogP contribution in [0.1, 0.15) is 41.1 Å². The molecule has 2 aliphatic carbocycles. The molecule has 40 heavy (non-hydrogen) atoms. The number of pyridine rings is 1. The summed E-state index contributed by atoms with van der Waals surface area (Å²) in [7, 11) is -3.19. The topological polar surface area (TPSA) is 106 Å². The zero-order valence-electron chi connectivity index (χ0n) is 22.3. The molecule has 2 fully saturated rings. The number of carboxylic acid groups (broad SMARTS) is 1. The summed E-state index contributed by atoms with van der Waals surface area (Å²) >= 11 is 0. The van der Waals surface area contributed by atoms with Gasteiger partial charge < -0.3 is 14.6 Å². The van der Waals surface area contributed by atoms with E-state index in [4.69, 9.17) is 9.47 Å². The molecular formula is C30H31FN2O6S.